The summed E-state index contributed by atoms with van der Waals surface area (Å²) in [6, 6.07) is 5.09. The number of ether oxygens (including phenoxy) is 1. The number of amides is 2. The highest BCUT2D eigenvalue weighted by atomic mass is 19.3. The van der Waals surface area contributed by atoms with Crippen LogP contribution in [0.5, 0.6) is 5.75 Å². The lowest BCUT2D eigenvalue weighted by Gasteiger charge is -2.26. The van der Waals surface area contributed by atoms with Gasteiger partial charge in [0.25, 0.3) is 6.43 Å². The molecule has 0 radical (unpaired) electrons. The Morgan fingerprint density at radius 3 is 2.40 bits per heavy atom. The Morgan fingerprint density at radius 2 is 1.84 bits per heavy atom. The van der Waals surface area contributed by atoms with Crippen LogP contribution in [0.3, 0.4) is 0 Å². The Labute approximate surface area is 147 Å². The Hall–Kier alpha value is -2.18. The first-order valence-electron chi connectivity index (χ1n) is 8.13. The van der Waals surface area contributed by atoms with Gasteiger partial charge in [-0.25, -0.2) is 8.78 Å². The smallest absolute Gasteiger partial charge is 0.272 e. The molecule has 0 saturated carbocycles. The van der Waals surface area contributed by atoms with Gasteiger partial charge in [-0.05, 0) is 44.0 Å². The molecular formula is C18H26F2N2O3. The summed E-state index contributed by atoms with van der Waals surface area (Å²) in [5.74, 6) is -0.438. The monoisotopic (exact) mass is 356 g/mol. The number of rotatable bonds is 8. The Morgan fingerprint density at radius 1 is 1.20 bits per heavy atom. The van der Waals surface area contributed by atoms with Crippen molar-refractivity contribution < 1.29 is 23.1 Å². The molecule has 0 saturated heterocycles. The van der Waals surface area contributed by atoms with Crippen LogP contribution >= 0.6 is 0 Å². The average Bonchev–Trinajstić information content (AvgIpc) is 2.49. The number of hydrogen-bond acceptors (Lipinski definition) is 3. The molecule has 2 N–H and O–H groups in total. The molecule has 7 heteroatoms. The molecule has 0 spiro atoms. The predicted octanol–water partition coefficient (Wildman–Crippen LogP) is 2.81. The quantitative estimate of drug-likeness (QED) is 0.753. The first kappa shape index (κ1) is 20.9. The molecule has 0 heterocycles. The predicted molar refractivity (Wildman–Crippen MR) is 91.6 cm³/mol. The van der Waals surface area contributed by atoms with Crippen molar-refractivity contribution in [2.45, 2.75) is 53.1 Å². The fraction of sp³-hybridized carbons (Fsp3) is 0.556. The Balaban J connectivity index is 2.70. The summed E-state index contributed by atoms with van der Waals surface area (Å²) >= 11 is 0. The zero-order chi connectivity index (χ0) is 19.2. The highest BCUT2D eigenvalue weighted by Crippen LogP contribution is 2.18. The molecule has 0 aliphatic carbocycles. The summed E-state index contributed by atoms with van der Waals surface area (Å²) in [7, 11) is 0. The number of halogens is 2. The van der Waals surface area contributed by atoms with E-state index < -0.39 is 18.6 Å². The first-order chi connectivity index (χ1) is 11.5. The summed E-state index contributed by atoms with van der Waals surface area (Å²) in [6.07, 6.45) is -2.55. The van der Waals surface area contributed by atoms with E-state index in [1.54, 1.807) is 39.8 Å². The number of benzene rings is 1. The highest BCUT2D eigenvalue weighted by Gasteiger charge is 2.29. The Kier molecular flexibility index (Phi) is 7.33. The van der Waals surface area contributed by atoms with Crippen molar-refractivity contribution in [2.75, 3.05) is 6.61 Å². The van der Waals surface area contributed by atoms with E-state index >= 15 is 0 Å². The van der Waals surface area contributed by atoms with E-state index in [-0.39, 0.29) is 24.3 Å². The SMILES string of the molecule is Cc1cc(CNC(=O)C(C)(C)NC(=O)C(C)C)cc(OCC(F)F)c1. The third-order valence-corrected chi connectivity index (χ3v) is 3.47. The van der Waals surface area contributed by atoms with Crippen LogP contribution in [0, 0.1) is 12.8 Å². The van der Waals surface area contributed by atoms with Crippen LogP contribution in [0.2, 0.25) is 0 Å². The molecule has 1 aromatic carbocycles. The fourth-order valence-electron chi connectivity index (χ4n) is 2.08. The number of alkyl halides is 2. The van der Waals surface area contributed by atoms with Gasteiger partial charge in [-0.3, -0.25) is 9.59 Å². The van der Waals surface area contributed by atoms with E-state index in [2.05, 4.69) is 10.6 Å². The van der Waals surface area contributed by atoms with Gasteiger partial charge in [-0.1, -0.05) is 19.9 Å². The van der Waals surface area contributed by atoms with Crippen LogP contribution in [-0.4, -0.2) is 30.4 Å². The topological polar surface area (TPSA) is 67.4 Å². The van der Waals surface area contributed by atoms with Crippen molar-refractivity contribution in [2.24, 2.45) is 5.92 Å². The molecule has 140 valence electrons. The second kappa shape index (κ2) is 8.78. The van der Waals surface area contributed by atoms with Crippen molar-refractivity contribution in [3.63, 3.8) is 0 Å². The van der Waals surface area contributed by atoms with Crippen molar-refractivity contribution in [1.29, 1.82) is 0 Å². The van der Waals surface area contributed by atoms with Crippen LogP contribution in [0.25, 0.3) is 0 Å². The molecule has 1 rings (SSSR count). The average molecular weight is 356 g/mol. The lowest BCUT2D eigenvalue weighted by molar-refractivity contribution is -0.133. The first-order valence-corrected chi connectivity index (χ1v) is 8.13. The molecular weight excluding hydrogens is 330 g/mol. The van der Waals surface area contributed by atoms with Gasteiger partial charge in [-0.15, -0.1) is 0 Å². The zero-order valence-electron chi connectivity index (χ0n) is 15.3. The van der Waals surface area contributed by atoms with Crippen LogP contribution in [-0.2, 0) is 16.1 Å². The fourth-order valence-corrected chi connectivity index (χ4v) is 2.08. The van der Waals surface area contributed by atoms with E-state index in [9.17, 15) is 18.4 Å². The number of hydrogen-bond donors (Lipinski definition) is 2. The van der Waals surface area contributed by atoms with Crippen molar-refractivity contribution >= 4 is 11.8 Å². The standard InChI is InChI=1S/C18H26F2N2O3/c1-11(2)16(23)22-18(4,5)17(24)21-9-13-6-12(3)7-14(8-13)25-10-15(19)20/h6-8,11,15H,9-10H2,1-5H3,(H,21,24)(H,22,23). The molecule has 0 aliphatic heterocycles. The van der Waals surface area contributed by atoms with Gasteiger partial charge in [0.2, 0.25) is 11.8 Å². The Bertz CT molecular complexity index is 616. The lowest BCUT2D eigenvalue weighted by atomic mass is 10.0. The molecule has 0 bridgehead atoms. The summed E-state index contributed by atoms with van der Waals surface area (Å²) in [5.41, 5.74) is 0.507. The number of carbonyl (C=O) groups excluding carboxylic acids is 2. The molecule has 0 unspecified atom stereocenters. The third kappa shape index (κ3) is 7.07. The largest absolute Gasteiger partial charge is 0.488 e. The molecule has 0 atom stereocenters. The van der Waals surface area contributed by atoms with Crippen molar-refractivity contribution in [1.82, 2.24) is 10.6 Å². The lowest BCUT2D eigenvalue weighted by Crippen LogP contribution is -2.55. The molecule has 0 aliphatic rings. The van der Waals surface area contributed by atoms with Gasteiger partial charge in [0.1, 0.15) is 17.9 Å². The van der Waals surface area contributed by atoms with Crippen LogP contribution < -0.4 is 15.4 Å². The van der Waals surface area contributed by atoms with Gasteiger partial charge in [0, 0.05) is 12.5 Å². The minimum atomic E-state index is -2.55. The molecule has 25 heavy (non-hydrogen) atoms. The molecule has 5 nitrogen and oxygen atoms in total. The van der Waals surface area contributed by atoms with Crippen LogP contribution in [0.1, 0.15) is 38.8 Å². The van der Waals surface area contributed by atoms with Crippen LogP contribution in [0.4, 0.5) is 8.78 Å². The van der Waals surface area contributed by atoms with Gasteiger partial charge in [0.15, 0.2) is 0 Å². The zero-order valence-corrected chi connectivity index (χ0v) is 15.3. The van der Waals surface area contributed by atoms with E-state index in [1.807, 2.05) is 13.0 Å². The van der Waals surface area contributed by atoms with Crippen molar-refractivity contribution in [3.8, 4) is 5.75 Å². The number of nitrogens with one attached hydrogen (secondary N) is 2. The van der Waals surface area contributed by atoms with Gasteiger partial charge in [0.05, 0.1) is 0 Å². The number of carbonyl (C=O) groups is 2. The summed E-state index contributed by atoms with van der Waals surface area (Å²) < 4.78 is 29.5. The molecule has 2 amide bonds. The number of aryl methyl sites for hydroxylation is 1. The summed E-state index contributed by atoms with van der Waals surface area (Å²) in [6.45, 7) is 8.07. The second-order valence-electron chi connectivity index (χ2n) is 6.81. The maximum absolute atomic E-state index is 12.3. The maximum atomic E-state index is 12.3. The van der Waals surface area contributed by atoms with Crippen molar-refractivity contribution in [3.05, 3.63) is 29.3 Å². The van der Waals surface area contributed by atoms with Crippen LogP contribution in [0.15, 0.2) is 18.2 Å². The van der Waals surface area contributed by atoms with E-state index in [1.165, 1.54) is 0 Å². The normalized spacial score (nSPS) is 11.6. The molecule has 1 aromatic rings. The molecule has 0 fully saturated rings. The second-order valence-corrected chi connectivity index (χ2v) is 6.81. The maximum Gasteiger partial charge on any atom is 0.272 e. The minimum Gasteiger partial charge on any atom is -0.488 e. The van der Waals surface area contributed by atoms with Gasteiger partial charge in [-0.2, -0.15) is 0 Å². The highest BCUT2D eigenvalue weighted by molar-refractivity contribution is 5.91. The van der Waals surface area contributed by atoms with E-state index in [4.69, 9.17) is 4.74 Å². The van der Waals surface area contributed by atoms with E-state index in [0.717, 1.165) is 11.1 Å². The minimum absolute atomic E-state index is 0.201. The van der Waals surface area contributed by atoms with Gasteiger partial charge >= 0.3 is 0 Å². The van der Waals surface area contributed by atoms with Gasteiger partial charge < -0.3 is 15.4 Å². The third-order valence-electron chi connectivity index (χ3n) is 3.47. The summed E-state index contributed by atoms with van der Waals surface area (Å²) in [4.78, 5) is 24.1. The molecule has 0 aromatic heterocycles. The summed E-state index contributed by atoms with van der Waals surface area (Å²) in [5, 5.41) is 5.43. The van der Waals surface area contributed by atoms with E-state index in [0.29, 0.717) is 5.75 Å².